The molecule has 0 aromatic heterocycles. The summed E-state index contributed by atoms with van der Waals surface area (Å²) in [5, 5.41) is 0. The highest BCUT2D eigenvalue weighted by atomic mass is 32.2. The SMILES string of the molecule is CCOCCSCC(N)C(=O)OCC. The Labute approximate surface area is 89.5 Å². The lowest BCUT2D eigenvalue weighted by Crippen LogP contribution is -2.34. The smallest absolute Gasteiger partial charge is 0.323 e. The second kappa shape index (κ2) is 9.30. The molecule has 0 aliphatic carbocycles. The molecule has 0 amide bonds. The summed E-state index contributed by atoms with van der Waals surface area (Å²) in [6.07, 6.45) is 0. The zero-order valence-electron chi connectivity index (χ0n) is 8.82. The zero-order chi connectivity index (χ0) is 10.8. The first kappa shape index (κ1) is 13.7. The standard InChI is InChI=1S/C9H19NO3S/c1-3-12-5-6-14-7-8(10)9(11)13-4-2/h8H,3-7,10H2,1-2H3. The molecular formula is C9H19NO3S. The normalized spacial score (nSPS) is 12.5. The summed E-state index contributed by atoms with van der Waals surface area (Å²) in [7, 11) is 0. The molecule has 0 saturated carbocycles. The van der Waals surface area contributed by atoms with Crippen LogP contribution in [0.1, 0.15) is 13.8 Å². The van der Waals surface area contributed by atoms with Gasteiger partial charge in [-0.2, -0.15) is 11.8 Å². The van der Waals surface area contributed by atoms with Crippen molar-refractivity contribution in [2.24, 2.45) is 5.73 Å². The van der Waals surface area contributed by atoms with Crippen molar-refractivity contribution in [3.05, 3.63) is 0 Å². The van der Waals surface area contributed by atoms with Crippen molar-refractivity contribution in [2.45, 2.75) is 19.9 Å². The Balaban J connectivity index is 3.34. The number of esters is 1. The maximum Gasteiger partial charge on any atom is 0.323 e. The van der Waals surface area contributed by atoms with Crippen LogP contribution in [0.4, 0.5) is 0 Å². The number of carbonyl (C=O) groups is 1. The minimum Gasteiger partial charge on any atom is -0.465 e. The number of thioether (sulfide) groups is 1. The van der Waals surface area contributed by atoms with Crippen molar-refractivity contribution in [3.8, 4) is 0 Å². The highest BCUT2D eigenvalue weighted by molar-refractivity contribution is 7.99. The number of rotatable bonds is 8. The molecule has 0 heterocycles. The molecule has 84 valence electrons. The van der Waals surface area contributed by atoms with Gasteiger partial charge < -0.3 is 15.2 Å². The summed E-state index contributed by atoms with van der Waals surface area (Å²) in [5.74, 6) is 1.13. The number of carbonyl (C=O) groups excluding carboxylic acids is 1. The van der Waals surface area contributed by atoms with Gasteiger partial charge in [-0.05, 0) is 13.8 Å². The van der Waals surface area contributed by atoms with Gasteiger partial charge in [0, 0.05) is 18.1 Å². The van der Waals surface area contributed by atoms with Gasteiger partial charge in [-0.3, -0.25) is 4.79 Å². The van der Waals surface area contributed by atoms with Crippen LogP contribution < -0.4 is 5.73 Å². The molecule has 0 fully saturated rings. The first-order valence-corrected chi connectivity index (χ1v) is 5.95. The topological polar surface area (TPSA) is 61.5 Å². The monoisotopic (exact) mass is 221 g/mol. The van der Waals surface area contributed by atoms with Gasteiger partial charge >= 0.3 is 5.97 Å². The lowest BCUT2D eigenvalue weighted by Gasteiger charge is -2.09. The maximum atomic E-state index is 11.1. The van der Waals surface area contributed by atoms with Crippen LogP contribution >= 0.6 is 11.8 Å². The van der Waals surface area contributed by atoms with Crippen LogP contribution in [0.15, 0.2) is 0 Å². The lowest BCUT2D eigenvalue weighted by molar-refractivity contribution is -0.144. The van der Waals surface area contributed by atoms with E-state index in [2.05, 4.69) is 0 Å². The molecule has 0 aromatic rings. The van der Waals surface area contributed by atoms with E-state index in [4.69, 9.17) is 15.2 Å². The van der Waals surface area contributed by atoms with Crippen molar-refractivity contribution in [2.75, 3.05) is 31.3 Å². The van der Waals surface area contributed by atoms with E-state index in [1.165, 1.54) is 0 Å². The third kappa shape index (κ3) is 7.17. The number of nitrogens with two attached hydrogens (primary N) is 1. The summed E-state index contributed by atoms with van der Waals surface area (Å²) in [6.45, 7) is 5.54. The molecule has 0 aliphatic rings. The summed E-state index contributed by atoms with van der Waals surface area (Å²) in [4.78, 5) is 11.1. The average molecular weight is 221 g/mol. The van der Waals surface area contributed by atoms with Gasteiger partial charge in [0.25, 0.3) is 0 Å². The first-order valence-electron chi connectivity index (χ1n) is 4.80. The molecule has 14 heavy (non-hydrogen) atoms. The second-order valence-electron chi connectivity index (χ2n) is 2.63. The molecule has 0 rings (SSSR count). The molecule has 0 aromatic carbocycles. The molecule has 0 spiro atoms. The van der Waals surface area contributed by atoms with Gasteiger partial charge in [-0.25, -0.2) is 0 Å². The number of hydrogen-bond acceptors (Lipinski definition) is 5. The van der Waals surface area contributed by atoms with Crippen molar-refractivity contribution < 1.29 is 14.3 Å². The predicted molar refractivity (Wildman–Crippen MR) is 58.4 cm³/mol. The van der Waals surface area contributed by atoms with Gasteiger partial charge in [0.1, 0.15) is 6.04 Å². The van der Waals surface area contributed by atoms with Gasteiger partial charge in [0.15, 0.2) is 0 Å². The highest BCUT2D eigenvalue weighted by Crippen LogP contribution is 2.02. The van der Waals surface area contributed by atoms with Crippen molar-refractivity contribution >= 4 is 17.7 Å². The van der Waals surface area contributed by atoms with Crippen LogP contribution in [0.2, 0.25) is 0 Å². The average Bonchev–Trinajstić information content (AvgIpc) is 2.17. The Morgan fingerprint density at radius 3 is 2.71 bits per heavy atom. The summed E-state index contributed by atoms with van der Waals surface area (Å²) < 4.78 is 9.92. The fraction of sp³-hybridized carbons (Fsp3) is 0.889. The van der Waals surface area contributed by atoms with Crippen LogP contribution in [0, 0.1) is 0 Å². The Kier molecular flexibility index (Phi) is 9.13. The third-order valence-corrected chi connectivity index (χ3v) is 2.51. The first-order chi connectivity index (χ1) is 6.72. The quantitative estimate of drug-likeness (QED) is 0.481. The molecule has 0 saturated heterocycles. The largest absolute Gasteiger partial charge is 0.465 e. The maximum absolute atomic E-state index is 11.1. The molecule has 1 atom stereocenters. The lowest BCUT2D eigenvalue weighted by atomic mass is 10.4. The minimum absolute atomic E-state index is 0.323. The summed E-state index contributed by atoms with van der Waals surface area (Å²) in [6, 6.07) is -0.512. The van der Waals surface area contributed by atoms with E-state index in [0.29, 0.717) is 19.0 Å². The Morgan fingerprint density at radius 2 is 2.14 bits per heavy atom. The van der Waals surface area contributed by atoms with E-state index in [0.717, 1.165) is 12.4 Å². The summed E-state index contributed by atoms with van der Waals surface area (Å²) in [5.41, 5.74) is 5.58. The predicted octanol–water partition coefficient (Wildman–Crippen LogP) is 0.646. The number of ether oxygens (including phenoxy) is 2. The van der Waals surface area contributed by atoms with Crippen LogP contribution in [0.25, 0.3) is 0 Å². The van der Waals surface area contributed by atoms with Crippen molar-refractivity contribution in [3.63, 3.8) is 0 Å². The van der Waals surface area contributed by atoms with Crippen LogP contribution in [-0.2, 0) is 14.3 Å². The van der Waals surface area contributed by atoms with Crippen LogP contribution in [0.5, 0.6) is 0 Å². The van der Waals surface area contributed by atoms with Gasteiger partial charge in [-0.15, -0.1) is 0 Å². The fourth-order valence-electron chi connectivity index (χ4n) is 0.790. The Bertz CT molecular complexity index is 155. The Hall–Kier alpha value is -0.260. The number of hydrogen-bond donors (Lipinski definition) is 1. The van der Waals surface area contributed by atoms with E-state index in [-0.39, 0.29) is 5.97 Å². The third-order valence-electron chi connectivity index (χ3n) is 1.46. The highest BCUT2D eigenvalue weighted by Gasteiger charge is 2.13. The van der Waals surface area contributed by atoms with E-state index in [1.54, 1.807) is 18.7 Å². The molecule has 1 unspecified atom stereocenters. The zero-order valence-corrected chi connectivity index (χ0v) is 9.64. The van der Waals surface area contributed by atoms with Gasteiger partial charge in [-0.1, -0.05) is 0 Å². The van der Waals surface area contributed by atoms with E-state index < -0.39 is 6.04 Å². The Morgan fingerprint density at radius 1 is 1.43 bits per heavy atom. The van der Waals surface area contributed by atoms with E-state index in [1.807, 2.05) is 6.92 Å². The molecule has 4 nitrogen and oxygen atoms in total. The van der Waals surface area contributed by atoms with Crippen molar-refractivity contribution in [1.82, 2.24) is 0 Å². The molecule has 2 N–H and O–H groups in total. The molecule has 0 aliphatic heterocycles. The van der Waals surface area contributed by atoms with Crippen LogP contribution in [-0.4, -0.2) is 43.3 Å². The molecule has 0 radical (unpaired) electrons. The summed E-state index contributed by atoms with van der Waals surface area (Å²) >= 11 is 1.60. The van der Waals surface area contributed by atoms with Crippen LogP contribution in [0.3, 0.4) is 0 Å². The molecule has 5 heteroatoms. The second-order valence-corrected chi connectivity index (χ2v) is 3.78. The van der Waals surface area contributed by atoms with E-state index >= 15 is 0 Å². The van der Waals surface area contributed by atoms with Gasteiger partial charge in [0.05, 0.1) is 13.2 Å². The van der Waals surface area contributed by atoms with E-state index in [9.17, 15) is 4.79 Å². The molecule has 0 bridgehead atoms. The molecular weight excluding hydrogens is 202 g/mol. The van der Waals surface area contributed by atoms with Gasteiger partial charge in [0.2, 0.25) is 0 Å². The minimum atomic E-state index is -0.512. The fourth-order valence-corrected chi connectivity index (χ4v) is 1.58. The van der Waals surface area contributed by atoms with Crippen molar-refractivity contribution in [1.29, 1.82) is 0 Å².